The van der Waals surface area contributed by atoms with Gasteiger partial charge < -0.3 is 9.84 Å². The molecular formula is C29H32ClNO5. The summed E-state index contributed by atoms with van der Waals surface area (Å²) in [7, 11) is 0. The highest BCUT2D eigenvalue weighted by Gasteiger charge is 2.41. The van der Waals surface area contributed by atoms with Crippen molar-refractivity contribution in [1.82, 2.24) is 4.98 Å². The lowest BCUT2D eigenvalue weighted by Crippen LogP contribution is -2.40. The number of pyridine rings is 1. The standard InChI is InChI=1S/C29H32ClNO5/c1-17(13-14-29(5)18(2)10-12-24(33)20(29)4)9-11-21-26(34)22(16-32)19(3)25(30)27(21)36-28(35)23-8-6-7-15-31-23/h6-9,13-16,18,20,34H,10-12H2,1-5H3/b14-13+,17-9+/t18-,20+,29+/m1/s1. The number of aldehydes is 1. The summed E-state index contributed by atoms with van der Waals surface area (Å²) in [5.41, 5.74) is 1.31. The number of halogens is 1. The van der Waals surface area contributed by atoms with Gasteiger partial charge >= 0.3 is 5.97 Å². The highest BCUT2D eigenvalue weighted by atomic mass is 35.5. The average Bonchev–Trinajstić information content (AvgIpc) is 2.87. The lowest BCUT2D eigenvalue weighted by Gasteiger charge is -2.42. The quantitative estimate of drug-likeness (QED) is 0.199. The first kappa shape index (κ1) is 27.3. The van der Waals surface area contributed by atoms with E-state index in [0.29, 0.717) is 24.2 Å². The van der Waals surface area contributed by atoms with Crippen molar-refractivity contribution in [3.63, 3.8) is 0 Å². The molecule has 3 rings (SSSR count). The minimum Gasteiger partial charge on any atom is -0.507 e. The SMILES string of the molecule is CC(/C=C/[C@@]1(C)[C@H](C)CCC(=O)[C@@H]1C)=C\Cc1c(O)c(C=O)c(C)c(Cl)c1OC(=O)c1ccccn1. The number of hydrogen-bond donors (Lipinski definition) is 1. The van der Waals surface area contributed by atoms with Crippen molar-refractivity contribution in [2.45, 2.75) is 53.9 Å². The lowest BCUT2D eigenvalue weighted by molar-refractivity contribution is -0.129. The molecule has 3 atom stereocenters. The number of phenolic OH excluding ortho intramolecular Hbond substituents is 1. The molecule has 1 N–H and O–H groups in total. The molecule has 1 aromatic heterocycles. The maximum absolute atomic E-state index is 12.7. The van der Waals surface area contributed by atoms with Crippen LogP contribution in [0, 0.1) is 24.2 Å². The van der Waals surface area contributed by atoms with Gasteiger partial charge in [0.15, 0.2) is 12.0 Å². The molecule has 36 heavy (non-hydrogen) atoms. The van der Waals surface area contributed by atoms with E-state index in [0.717, 1.165) is 12.0 Å². The third-order valence-electron chi connectivity index (χ3n) is 7.57. The summed E-state index contributed by atoms with van der Waals surface area (Å²) in [4.78, 5) is 40.7. The van der Waals surface area contributed by atoms with Crippen LogP contribution in [0.3, 0.4) is 0 Å². The van der Waals surface area contributed by atoms with Gasteiger partial charge in [0.1, 0.15) is 17.2 Å². The van der Waals surface area contributed by atoms with Crippen LogP contribution in [0.5, 0.6) is 11.5 Å². The maximum Gasteiger partial charge on any atom is 0.362 e. The first-order chi connectivity index (χ1) is 17.0. The number of ketones is 1. The summed E-state index contributed by atoms with van der Waals surface area (Å²) < 4.78 is 5.57. The minimum absolute atomic E-state index is 0.00645. The summed E-state index contributed by atoms with van der Waals surface area (Å²) in [6.45, 7) is 9.75. The second-order valence-corrected chi connectivity index (χ2v) is 10.1. The van der Waals surface area contributed by atoms with E-state index in [4.69, 9.17) is 16.3 Å². The molecular weight excluding hydrogens is 478 g/mol. The zero-order chi connectivity index (χ0) is 26.6. The Morgan fingerprint density at radius 3 is 2.69 bits per heavy atom. The fraction of sp³-hybridized carbons (Fsp3) is 0.379. The number of hydrogen-bond acceptors (Lipinski definition) is 6. The van der Waals surface area contributed by atoms with E-state index < -0.39 is 5.97 Å². The van der Waals surface area contributed by atoms with Gasteiger partial charge in [-0.05, 0) is 55.7 Å². The number of benzene rings is 1. The Morgan fingerprint density at radius 2 is 2.06 bits per heavy atom. The van der Waals surface area contributed by atoms with Crippen LogP contribution in [0.15, 0.2) is 48.2 Å². The zero-order valence-electron chi connectivity index (χ0n) is 21.3. The van der Waals surface area contributed by atoms with Crippen LogP contribution < -0.4 is 4.74 Å². The number of carbonyl (C=O) groups is 3. The van der Waals surface area contributed by atoms with Gasteiger partial charge in [-0.3, -0.25) is 9.59 Å². The van der Waals surface area contributed by atoms with Gasteiger partial charge in [0, 0.05) is 24.1 Å². The molecule has 1 aliphatic rings. The first-order valence-electron chi connectivity index (χ1n) is 12.0. The summed E-state index contributed by atoms with van der Waals surface area (Å²) in [6, 6.07) is 4.84. The monoisotopic (exact) mass is 509 g/mol. The number of allylic oxidation sites excluding steroid dienone is 4. The van der Waals surface area contributed by atoms with Gasteiger partial charge in [0.2, 0.25) is 0 Å². The van der Waals surface area contributed by atoms with Gasteiger partial charge in [-0.2, -0.15) is 0 Å². The Morgan fingerprint density at radius 1 is 1.33 bits per heavy atom. The Labute approximate surface area is 217 Å². The fourth-order valence-electron chi connectivity index (χ4n) is 4.55. The number of esters is 1. The second kappa shape index (κ2) is 11.2. The number of phenols is 1. The summed E-state index contributed by atoms with van der Waals surface area (Å²) in [5, 5.41) is 10.9. The van der Waals surface area contributed by atoms with Gasteiger partial charge in [-0.1, -0.05) is 62.2 Å². The molecule has 2 aromatic rings. The van der Waals surface area contributed by atoms with Gasteiger partial charge in [0.25, 0.3) is 0 Å². The van der Waals surface area contributed by atoms with E-state index >= 15 is 0 Å². The van der Waals surface area contributed by atoms with Crippen LogP contribution in [0.1, 0.15) is 72.5 Å². The highest BCUT2D eigenvalue weighted by molar-refractivity contribution is 6.33. The molecule has 0 saturated heterocycles. The van der Waals surface area contributed by atoms with E-state index in [1.165, 1.54) is 12.3 Å². The smallest absolute Gasteiger partial charge is 0.362 e. The fourth-order valence-corrected chi connectivity index (χ4v) is 4.80. The molecule has 0 bridgehead atoms. The lowest BCUT2D eigenvalue weighted by atomic mass is 9.61. The summed E-state index contributed by atoms with van der Waals surface area (Å²) >= 11 is 6.49. The van der Waals surface area contributed by atoms with Crippen LogP contribution in [-0.4, -0.2) is 28.1 Å². The number of aromatic nitrogens is 1. The number of ether oxygens (including phenoxy) is 1. The van der Waals surface area contributed by atoms with Crippen molar-refractivity contribution in [3.05, 3.63) is 75.6 Å². The Bertz CT molecular complexity index is 1230. The molecule has 0 radical (unpaired) electrons. The molecule has 0 unspecified atom stereocenters. The summed E-state index contributed by atoms with van der Waals surface area (Å²) in [6.07, 6.45) is 9.56. The van der Waals surface area contributed by atoms with Crippen molar-refractivity contribution in [2.75, 3.05) is 0 Å². The first-order valence-corrected chi connectivity index (χ1v) is 12.4. The zero-order valence-corrected chi connectivity index (χ0v) is 22.1. The van der Waals surface area contributed by atoms with Gasteiger partial charge in [-0.25, -0.2) is 9.78 Å². The van der Waals surface area contributed by atoms with E-state index in [1.54, 1.807) is 19.1 Å². The molecule has 1 saturated carbocycles. The maximum atomic E-state index is 12.7. The Balaban J connectivity index is 1.95. The Hall–Kier alpha value is -3.25. The topological polar surface area (TPSA) is 93.6 Å². The summed E-state index contributed by atoms with van der Waals surface area (Å²) in [5.74, 6) is -0.444. The number of aromatic hydroxyl groups is 1. The molecule has 1 heterocycles. The van der Waals surface area contributed by atoms with E-state index in [9.17, 15) is 19.5 Å². The number of Topliss-reactive ketones (excluding diaryl/α,β-unsaturated/α-hetero) is 1. The van der Waals surface area contributed by atoms with E-state index in [1.807, 2.05) is 26.0 Å². The molecule has 0 aliphatic heterocycles. The molecule has 190 valence electrons. The van der Waals surface area contributed by atoms with Crippen molar-refractivity contribution in [1.29, 1.82) is 0 Å². The predicted molar refractivity (Wildman–Crippen MR) is 140 cm³/mol. The molecule has 1 aromatic carbocycles. The molecule has 0 spiro atoms. The molecule has 1 aliphatic carbocycles. The molecule has 0 amide bonds. The minimum atomic E-state index is -0.727. The number of rotatable bonds is 7. The van der Waals surface area contributed by atoms with Crippen LogP contribution in [0.25, 0.3) is 0 Å². The van der Waals surface area contributed by atoms with Gasteiger partial charge in [0.05, 0.1) is 10.6 Å². The largest absolute Gasteiger partial charge is 0.507 e. The van der Waals surface area contributed by atoms with Crippen LogP contribution in [0.2, 0.25) is 5.02 Å². The van der Waals surface area contributed by atoms with Crippen molar-refractivity contribution >= 4 is 29.6 Å². The Kier molecular flexibility index (Phi) is 8.51. The second-order valence-electron chi connectivity index (χ2n) is 9.71. The molecule has 1 fully saturated rings. The highest BCUT2D eigenvalue weighted by Crippen LogP contribution is 2.45. The van der Waals surface area contributed by atoms with E-state index in [2.05, 4.69) is 24.9 Å². The van der Waals surface area contributed by atoms with Crippen molar-refractivity contribution in [2.24, 2.45) is 17.3 Å². The number of carbonyl (C=O) groups excluding carboxylic acids is 3. The van der Waals surface area contributed by atoms with E-state index in [-0.39, 0.29) is 56.9 Å². The average molecular weight is 510 g/mol. The molecule has 6 nitrogen and oxygen atoms in total. The number of nitrogens with zero attached hydrogens (tertiary/aromatic N) is 1. The van der Waals surface area contributed by atoms with Crippen molar-refractivity contribution in [3.8, 4) is 11.5 Å². The van der Waals surface area contributed by atoms with Crippen LogP contribution >= 0.6 is 11.6 Å². The third kappa shape index (κ3) is 5.44. The molecule has 7 heteroatoms. The normalized spacial score (nSPS) is 22.6. The third-order valence-corrected chi connectivity index (χ3v) is 8.02. The van der Waals surface area contributed by atoms with Crippen LogP contribution in [0.4, 0.5) is 0 Å². The van der Waals surface area contributed by atoms with Crippen LogP contribution in [-0.2, 0) is 11.2 Å². The predicted octanol–water partition coefficient (Wildman–Crippen LogP) is 6.47. The van der Waals surface area contributed by atoms with Gasteiger partial charge in [-0.15, -0.1) is 0 Å². The van der Waals surface area contributed by atoms with Crippen molar-refractivity contribution < 1.29 is 24.2 Å².